The molecule has 6 N–H and O–H groups in total. The molecule has 0 spiro atoms. The van der Waals surface area contributed by atoms with Crippen molar-refractivity contribution < 1.29 is 23.1 Å². The molecule has 3 aromatic rings. The first-order valence-electron chi connectivity index (χ1n) is 10.2. The summed E-state index contributed by atoms with van der Waals surface area (Å²) in [6, 6.07) is 1.05. The van der Waals surface area contributed by atoms with Gasteiger partial charge in [0.2, 0.25) is 0 Å². The number of aliphatic hydroxyl groups excluding tert-OH is 1. The molecule has 1 amide bonds. The number of nitrogen functional groups attached to an aromatic ring is 1. The fourth-order valence-corrected chi connectivity index (χ4v) is 4.82. The van der Waals surface area contributed by atoms with Crippen LogP contribution in [0, 0.1) is 0 Å². The lowest BCUT2D eigenvalue weighted by atomic mass is 10.0. The van der Waals surface area contributed by atoms with E-state index in [9.17, 15) is 23.1 Å². The van der Waals surface area contributed by atoms with Gasteiger partial charge in [0, 0.05) is 43.5 Å². The summed E-state index contributed by atoms with van der Waals surface area (Å²) in [5, 5.41) is 13.2. The zero-order chi connectivity index (χ0) is 23.8. The quantitative estimate of drug-likeness (QED) is 0.419. The van der Waals surface area contributed by atoms with E-state index in [4.69, 9.17) is 11.5 Å². The number of halogens is 3. The Bertz CT molecular complexity index is 1150. The van der Waals surface area contributed by atoms with Gasteiger partial charge in [-0.2, -0.15) is 13.2 Å². The Morgan fingerprint density at radius 2 is 2.06 bits per heavy atom. The molecule has 9 nitrogen and oxygen atoms in total. The van der Waals surface area contributed by atoms with E-state index >= 15 is 0 Å². The lowest BCUT2D eigenvalue weighted by molar-refractivity contribution is -0.136. The van der Waals surface area contributed by atoms with Crippen LogP contribution in [-0.4, -0.2) is 51.6 Å². The third-order valence-electron chi connectivity index (χ3n) is 5.56. The monoisotopic (exact) mass is 481 g/mol. The van der Waals surface area contributed by atoms with E-state index in [1.165, 1.54) is 18.6 Å². The van der Waals surface area contributed by atoms with E-state index < -0.39 is 23.8 Å². The Morgan fingerprint density at radius 3 is 2.67 bits per heavy atom. The van der Waals surface area contributed by atoms with E-state index in [1.54, 1.807) is 4.90 Å². The third kappa shape index (κ3) is 4.84. The molecule has 1 aliphatic rings. The van der Waals surface area contributed by atoms with Gasteiger partial charge in [0.15, 0.2) is 0 Å². The molecule has 0 saturated carbocycles. The summed E-state index contributed by atoms with van der Waals surface area (Å²) in [7, 11) is 0. The van der Waals surface area contributed by atoms with Crippen LogP contribution in [0.4, 0.5) is 24.7 Å². The van der Waals surface area contributed by atoms with Gasteiger partial charge >= 0.3 is 6.18 Å². The maximum atomic E-state index is 13.8. The smallest absolute Gasteiger partial charge is 0.397 e. The van der Waals surface area contributed by atoms with Gasteiger partial charge < -0.3 is 26.8 Å². The van der Waals surface area contributed by atoms with Crippen LogP contribution in [0.2, 0.25) is 0 Å². The Kier molecular flexibility index (Phi) is 6.36. The van der Waals surface area contributed by atoms with Gasteiger partial charge in [-0.05, 0) is 18.9 Å². The van der Waals surface area contributed by atoms with Gasteiger partial charge in [-0.25, -0.2) is 4.98 Å². The third-order valence-corrected chi connectivity index (χ3v) is 6.67. The predicted molar refractivity (Wildman–Crippen MR) is 118 cm³/mol. The first-order valence-corrected chi connectivity index (χ1v) is 11.0. The molecule has 1 atom stereocenters. The number of rotatable bonds is 6. The van der Waals surface area contributed by atoms with Gasteiger partial charge in [-0.15, -0.1) is 11.3 Å². The average Bonchev–Trinajstić information content (AvgIpc) is 3.14. The first kappa shape index (κ1) is 23.1. The van der Waals surface area contributed by atoms with Gasteiger partial charge in [0.25, 0.3) is 5.91 Å². The summed E-state index contributed by atoms with van der Waals surface area (Å²) in [6.45, 7) is 1.23. The number of amides is 1. The molecule has 0 radical (unpaired) electrons. The van der Waals surface area contributed by atoms with Crippen molar-refractivity contribution in [3.63, 3.8) is 0 Å². The number of nitrogens with zero attached hydrogens (tertiary/aromatic N) is 4. The van der Waals surface area contributed by atoms with Crippen molar-refractivity contribution in [2.24, 2.45) is 5.73 Å². The summed E-state index contributed by atoms with van der Waals surface area (Å²) in [5.74, 6) is -0.717. The van der Waals surface area contributed by atoms with Crippen molar-refractivity contribution in [2.75, 3.05) is 30.3 Å². The largest absolute Gasteiger partial charge is 0.417 e. The maximum absolute atomic E-state index is 13.8. The maximum Gasteiger partial charge on any atom is 0.417 e. The van der Waals surface area contributed by atoms with Crippen LogP contribution in [-0.2, 0) is 6.18 Å². The van der Waals surface area contributed by atoms with Crippen LogP contribution in [0.5, 0.6) is 0 Å². The number of primary amides is 1. The molecular weight excluding hydrogens is 459 g/mol. The Balaban J connectivity index is 1.48. The molecule has 0 aromatic carbocycles. The summed E-state index contributed by atoms with van der Waals surface area (Å²) < 4.78 is 41.3. The van der Waals surface area contributed by atoms with Crippen molar-refractivity contribution in [1.82, 2.24) is 20.3 Å². The number of hydrogen-bond acceptors (Lipinski definition) is 9. The minimum Gasteiger partial charge on any atom is -0.397 e. The number of nitrogens with one attached hydrogen (secondary N) is 1. The van der Waals surface area contributed by atoms with E-state index in [0.717, 1.165) is 17.4 Å². The number of aliphatic hydroxyl groups is 1. The molecule has 0 bridgehead atoms. The summed E-state index contributed by atoms with van der Waals surface area (Å²) in [4.78, 5) is 25.6. The standard InChI is InChI=1S/C20H22F3N7O2S/c21-20(22,23)11-7-14(29-19-15(11)16(24)17(33-19)18(25)32)30-5-1-10(2-6-30)28-9-13(31)12-8-26-3-4-27-12/h3-4,7-8,10,13,28,31H,1-2,5-6,9,24H2,(H2,25,32). The van der Waals surface area contributed by atoms with E-state index in [2.05, 4.69) is 20.3 Å². The number of piperidine rings is 1. The van der Waals surface area contributed by atoms with Crippen LogP contribution in [0.25, 0.3) is 10.2 Å². The van der Waals surface area contributed by atoms with Crippen molar-refractivity contribution >= 4 is 39.0 Å². The van der Waals surface area contributed by atoms with Gasteiger partial charge in [0.1, 0.15) is 21.6 Å². The number of fused-ring (bicyclic) bond motifs is 1. The number of anilines is 2. The molecule has 1 saturated heterocycles. The van der Waals surface area contributed by atoms with Crippen molar-refractivity contribution in [3.8, 4) is 0 Å². The number of carbonyl (C=O) groups excluding carboxylic acids is 1. The molecule has 33 heavy (non-hydrogen) atoms. The molecule has 1 aliphatic heterocycles. The number of nitrogens with two attached hydrogens (primary N) is 2. The second kappa shape index (κ2) is 9.08. The number of thiophene rings is 1. The van der Waals surface area contributed by atoms with Crippen LogP contribution in [0.1, 0.15) is 39.9 Å². The van der Waals surface area contributed by atoms with E-state index in [0.29, 0.717) is 31.6 Å². The predicted octanol–water partition coefficient (Wildman–Crippen LogP) is 2.08. The minimum absolute atomic E-state index is 0.0264. The number of hydrogen-bond donors (Lipinski definition) is 4. The molecule has 0 aliphatic carbocycles. The number of alkyl halides is 3. The van der Waals surface area contributed by atoms with E-state index in [-0.39, 0.29) is 39.2 Å². The van der Waals surface area contributed by atoms with Crippen LogP contribution in [0.3, 0.4) is 0 Å². The van der Waals surface area contributed by atoms with Gasteiger partial charge in [-0.1, -0.05) is 0 Å². The molecular formula is C20H22F3N7O2S. The average molecular weight is 482 g/mol. The zero-order valence-electron chi connectivity index (χ0n) is 17.3. The number of pyridine rings is 1. The molecule has 176 valence electrons. The highest BCUT2D eigenvalue weighted by atomic mass is 32.1. The highest BCUT2D eigenvalue weighted by molar-refractivity contribution is 7.21. The van der Waals surface area contributed by atoms with Crippen molar-refractivity contribution in [1.29, 1.82) is 0 Å². The summed E-state index contributed by atoms with van der Waals surface area (Å²) >= 11 is 0.762. The van der Waals surface area contributed by atoms with Crippen LogP contribution >= 0.6 is 11.3 Å². The molecule has 1 fully saturated rings. The second-order valence-electron chi connectivity index (χ2n) is 7.73. The van der Waals surface area contributed by atoms with Gasteiger partial charge in [0.05, 0.1) is 23.1 Å². The molecule has 3 aromatic heterocycles. The fraction of sp³-hybridized carbons (Fsp3) is 0.400. The lowest BCUT2D eigenvalue weighted by Crippen LogP contribution is -2.44. The van der Waals surface area contributed by atoms with Crippen molar-refractivity contribution in [3.05, 3.63) is 40.8 Å². The highest BCUT2D eigenvalue weighted by Gasteiger charge is 2.37. The Hall–Kier alpha value is -3.03. The van der Waals surface area contributed by atoms with Crippen LogP contribution < -0.4 is 21.7 Å². The van der Waals surface area contributed by atoms with Gasteiger partial charge in [-0.3, -0.25) is 14.8 Å². The minimum atomic E-state index is -4.67. The second-order valence-corrected chi connectivity index (χ2v) is 8.73. The first-order chi connectivity index (χ1) is 15.6. The highest BCUT2D eigenvalue weighted by Crippen LogP contribution is 2.43. The SMILES string of the molecule is NC(=O)c1sc2nc(N3CCC(NCC(O)c4cnccn4)CC3)cc(C(F)(F)F)c2c1N. The fourth-order valence-electron chi connectivity index (χ4n) is 3.85. The molecule has 4 rings (SSSR count). The lowest BCUT2D eigenvalue weighted by Gasteiger charge is -2.34. The normalized spacial score (nSPS) is 16.3. The number of aromatic nitrogens is 3. The summed E-state index contributed by atoms with van der Waals surface area (Å²) in [5.41, 5.74) is 10.3. The molecule has 4 heterocycles. The van der Waals surface area contributed by atoms with Crippen LogP contribution in [0.15, 0.2) is 24.7 Å². The topological polar surface area (TPSA) is 143 Å². The molecule has 13 heteroatoms. The zero-order valence-corrected chi connectivity index (χ0v) is 18.2. The van der Waals surface area contributed by atoms with E-state index in [1.807, 2.05) is 0 Å². The van der Waals surface area contributed by atoms with Crippen molar-refractivity contribution in [2.45, 2.75) is 31.2 Å². The Morgan fingerprint density at radius 1 is 1.33 bits per heavy atom. The number of carbonyl (C=O) groups is 1. The summed E-state index contributed by atoms with van der Waals surface area (Å²) in [6.07, 6.45) is 0.337. The Labute approximate surface area is 190 Å². The molecule has 1 unspecified atom stereocenters.